The lowest BCUT2D eigenvalue weighted by Crippen LogP contribution is -2.35. The molecule has 0 bridgehead atoms. The molecule has 4 nitrogen and oxygen atoms in total. The van der Waals surface area contributed by atoms with Crippen molar-refractivity contribution < 1.29 is 13.2 Å². The number of rotatable bonds is 4. The summed E-state index contributed by atoms with van der Waals surface area (Å²) in [5, 5.41) is 3.01. The van der Waals surface area contributed by atoms with Crippen LogP contribution in [0.4, 0.5) is 24.8 Å². The highest BCUT2D eigenvalue weighted by atomic mass is 32.2. The summed E-state index contributed by atoms with van der Waals surface area (Å²) in [5.74, 6) is -1.25. The smallest absolute Gasteiger partial charge is 0.384 e. The lowest BCUT2D eigenvalue weighted by atomic mass is 9.88. The molecule has 21 heavy (non-hydrogen) atoms. The predicted octanol–water partition coefficient (Wildman–Crippen LogP) is 3.56. The maximum Gasteiger partial charge on any atom is 0.451 e. The highest BCUT2D eigenvalue weighted by Crippen LogP contribution is 2.38. The summed E-state index contributed by atoms with van der Waals surface area (Å²) >= 11 is 1.77. The average molecular weight is 320 g/mol. The van der Waals surface area contributed by atoms with E-state index in [1.807, 2.05) is 6.26 Å². The molecule has 0 aliphatic heterocycles. The van der Waals surface area contributed by atoms with E-state index in [0.717, 1.165) is 25.7 Å². The van der Waals surface area contributed by atoms with E-state index in [1.165, 1.54) is 12.5 Å². The quantitative estimate of drug-likeness (QED) is 0.888. The second-order valence-corrected chi connectivity index (χ2v) is 6.58. The molecule has 3 N–H and O–H groups in total. The Labute approximate surface area is 126 Å². The van der Waals surface area contributed by atoms with Gasteiger partial charge in [-0.15, -0.1) is 0 Å². The first-order valence-electron chi connectivity index (χ1n) is 6.85. The Balaban J connectivity index is 2.10. The third-order valence-corrected chi connectivity index (χ3v) is 5.21. The normalized spacial score (nSPS) is 18.5. The van der Waals surface area contributed by atoms with Crippen LogP contribution in [-0.2, 0) is 6.18 Å². The van der Waals surface area contributed by atoms with Gasteiger partial charge in [-0.05, 0) is 19.1 Å². The SMILES string of the molecule is CSC1(CNc2cc(N)nc(C(F)(F)F)n2)CCCCC1. The molecule has 118 valence electrons. The average Bonchev–Trinajstić information content (AvgIpc) is 2.45. The van der Waals surface area contributed by atoms with Gasteiger partial charge in [0.2, 0.25) is 5.82 Å². The van der Waals surface area contributed by atoms with Crippen molar-refractivity contribution in [1.29, 1.82) is 0 Å². The maximum absolute atomic E-state index is 12.7. The van der Waals surface area contributed by atoms with Gasteiger partial charge in [0.1, 0.15) is 11.6 Å². The van der Waals surface area contributed by atoms with Gasteiger partial charge in [0.05, 0.1) is 0 Å². The number of thioether (sulfide) groups is 1. The molecule has 1 fully saturated rings. The number of nitrogen functional groups attached to an aromatic ring is 1. The van der Waals surface area contributed by atoms with Crippen LogP contribution < -0.4 is 11.1 Å². The first kappa shape index (κ1) is 16.2. The van der Waals surface area contributed by atoms with E-state index >= 15 is 0 Å². The van der Waals surface area contributed by atoms with Crippen LogP contribution in [0.2, 0.25) is 0 Å². The van der Waals surface area contributed by atoms with Crippen molar-refractivity contribution >= 4 is 23.4 Å². The minimum Gasteiger partial charge on any atom is -0.384 e. The summed E-state index contributed by atoms with van der Waals surface area (Å²) in [6.45, 7) is 0.585. The number of hydrogen-bond donors (Lipinski definition) is 2. The van der Waals surface area contributed by atoms with Gasteiger partial charge in [0.15, 0.2) is 0 Å². The standard InChI is InChI=1S/C13H19F3N4S/c1-21-12(5-3-2-4-6-12)8-18-10-7-9(17)19-11(20-10)13(14,15)16/h7H,2-6,8H2,1H3,(H3,17,18,19,20). The fraction of sp³-hybridized carbons (Fsp3) is 0.692. The van der Waals surface area contributed by atoms with E-state index in [2.05, 4.69) is 15.3 Å². The van der Waals surface area contributed by atoms with E-state index in [1.54, 1.807) is 11.8 Å². The molecule has 0 spiro atoms. The third-order valence-electron chi connectivity index (χ3n) is 3.79. The molecule has 8 heteroatoms. The molecule has 2 rings (SSSR count). The Morgan fingerprint density at radius 1 is 1.29 bits per heavy atom. The number of halogens is 3. The number of hydrogen-bond acceptors (Lipinski definition) is 5. The van der Waals surface area contributed by atoms with Crippen LogP contribution in [0.3, 0.4) is 0 Å². The minimum atomic E-state index is -4.59. The van der Waals surface area contributed by atoms with Crippen molar-refractivity contribution in [1.82, 2.24) is 9.97 Å². The molecule has 0 amide bonds. The summed E-state index contributed by atoms with van der Waals surface area (Å²) in [5.41, 5.74) is 5.43. The van der Waals surface area contributed by atoms with Gasteiger partial charge in [0, 0.05) is 17.4 Å². The fourth-order valence-electron chi connectivity index (χ4n) is 2.58. The minimum absolute atomic E-state index is 0.0658. The van der Waals surface area contributed by atoms with E-state index in [0.29, 0.717) is 6.54 Å². The van der Waals surface area contributed by atoms with Crippen molar-refractivity contribution in [2.24, 2.45) is 0 Å². The van der Waals surface area contributed by atoms with Crippen molar-refractivity contribution in [2.75, 3.05) is 23.9 Å². The highest BCUT2D eigenvalue weighted by molar-refractivity contribution is 8.00. The van der Waals surface area contributed by atoms with Gasteiger partial charge in [-0.2, -0.15) is 24.9 Å². The van der Waals surface area contributed by atoms with Gasteiger partial charge in [-0.1, -0.05) is 19.3 Å². The second kappa shape index (κ2) is 6.29. The number of anilines is 2. The van der Waals surface area contributed by atoms with E-state index < -0.39 is 12.0 Å². The first-order chi connectivity index (χ1) is 9.85. The summed E-state index contributed by atoms with van der Waals surface area (Å²) in [6.07, 6.45) is 3.11. The molecule has 1 saturated carbocycles. The van der Waals surface area contributed by atoms with Crippen LogP contribution in [0.5, 0.6) is 0 Å². The molecule has 1 heterocycles. The number of nitrogens with zero attached hydrogens (tertiary/aromatic N) is 2. The Morgan fingerprint density at radius 3 is 2.52 bits per heavy atom. The number of alkyl halides is 3. The molecule has 0 aromatic carbocycles. The third kappa shape index (κ3) is 4.15. The number of nitrogens with one attached hydrogen (secondary N) is 1. The summed E-state index contributed by atoms with van der Waals surface area (Å²) < 4.78 is 38.1. The second-order valence-electron chi connectivity index (χ2n) is 5.30. The van der Waals surface area contributed by atoms with Crippen molar-refractivity contribution in [3.8, 4) is 0 Å². The Bertz CT molecular complexity index is 487. The summed E-state index contributed by atoms with van der Waals surface area (Å²) in [7, 11) is 0. The Hall–Kier alpha value is -1.18. The van der Waals surface area contributed by atoms with Gasteiger partial charge in [-0.3, -0.25) is 0 Å². The molecule has 0 radical (unpaired) electrons. The zero-order chi connectivity index (χ0) is 15.5. The molecule has 1 aromatic rings. The van der Waals surface area contributed by atoms with Gasteiger partial charge >= 0.3 is 6.18 Å². The number of nitrogens with two attached hydrogens (primary N) is 1. The zero-order valence-electron chi connectivity index (χ0n) is 11.8. The van der Waals surface area contributed by atoms with E-state index in [9.17, 15) is 13.2 Å². The topological polar surface area (TPSA) is 63.8 Å². The monoisotopic (exact) mass is 320 g/mol. The predicted molar refractivity (Wildman–Crippen MR) is 79.3 cm³/mol. The first-order valence-corrected chi connectivity index (χ1v) is 8.08. The summed E-state index contributed by atoms with van der Waals surface area (Å²) in [6, 6.07) is 1.34. The van der Waals surface area contributed by atoms with Crippen molar-refractivity contribution in [3.63, 3.8) is 0 Å². The molecule has 0 atom stereocenters. The van der Waals surface area contributed by atoms with Crippen LogP contribution in [0.1, 0.15) is 37.9 Å². The van der Waals surface area contributed by atoms with Crippen LogP contribution in [-0.4, -0.2) is 27.5 Å². The van der Waals surface area contributed by atoms with Gasteiger partial charge in [0.25, 0.3) is 0 Å². The van der Waals surface area contributed by atoms with Gasteiger partial charge in [-0.25, -0.2) is 9.97 Å². The lowest BCUT2D eigenvalue weighted by molar-refractivity contribution is -0.144. The Kier molecular flexibility index (Phi) is 4.85. The van der Waals surface area contributed by atoms with Crippen molar-refractivity contribution in [3.05, 3.63) is 11.9 Å². The largest absolute Gasteiger partial charge is 0.451 e. The molecule has 0 saturated heterocycles. The van der Waals surface area contributed by atoms with Crippen LogP contribution in [0.25, 0.3) is 0 Å². The zero-order valence-corrected chi connectivity index (χ0v) is 12.7. The van der Waals surface area contributed by atoms with Gasteiger partial charge < -0.3 is 11.1 Å². The van der Waals surface area contributed by atoms with Crippen molar-refractivity contribution in [2.45, 2.75) is 43.0 Å². The molecular formula is C13H19F3N4S. The highest BCUT2D eigenvalue weighted by Gasteiger charge is 2.36. The van der Waals surface area contributed by atoms with E-state index in [-0.39, 0.29) is 16.4 Å². The fourth-order valence-corrected chi connectivity index (χ4v) is 3.50. The maximum atomic E-state index is 12.7. The summed E-state index contributed by atoms with van der Waals surface area (Å²) in [4.78, 5) is 6.75. The van der Waals surface area contributed by atoms with Crippen LogP contribution >= 0.6 is 11.8 Å². The molecule has 1 aliphatic rings. The molecule has 1 aliphatic carbocycles. The van der Waals surface area contributed by atoms with Crippen LogP contribution in [0, 0.1) is 0 Å². The van der Waals surface area contributed by atoms with E-state index in [4.69, 9.17) is 5.73 Å². The molecule has 0 unspecified atom stereocenters. The number of aromatic nitrogens is 2. The lowest BCUT2D eigenvalue weighted by Gasteiger charge is -2.36. The Morgan fingerprint density at radius 2 is 1.95 bits per heavy atom. The molecule has 1 aromatic heterocycles. The molecular weight excluding hydrogens is 301 g/mol. The van der Waals surface area contributed by atoms with Crippen LogP contribution in [0.15, 0.2) is 6.07 Å².